The Hall–Kier alpha value is -2.59. The summed E-state index contributed by atoms with van der Waals surface area (Å²) < 4.78 is 7.29. The van der Waals surface area contributed by atoms with Crippen molar-refractivity contribution in [3.63, 3.8) is 0 Å². The predicted octanol–water partition coefficient (Wildman–Crippen LogP) is 6.99. The van der Waals surface area contributed by atoms with Crippen molar-refractivity contribution in [1.29, 1.82) is 5.26 Å². The van der Waals surface area contributed by atoms with Crippen molar-refractivity contribution in [2.24, 2.45) is 0 Å². The van der Waals surface area contributed by atoms with Crippen molar-refractivity contribution in [3.8, 4) is 11.8 Å². The van der Waals surface area contributed by atoms with Gasteiger partial charge >= 0.3 is 0 Å². The van der Waals surface area contributed by atoms with E-state index < -0.39 is 5.91 Å². The first kappa shape index (κ1) is 22.1. The molecule has 0 radical (unpaired) electrons. The third kappa shape index (κ3) is 5.96. The Morgan fingerprint density at radius 1 is 1.07 bits per heavy atom. The zero-order valence-electron chi connectivity index (χ0n) is 15.5. The van der Waals surface area contributed by atoms with Crippen LogP contribution in [0.5, 0.6) is 5.75 Å². The van der Waals surface area contributed by atoms with Crippen molar-refractivity contribution < 1.29 is 9.53 Å². The highest BCUT2D eigenvalue weighted by Crippen LogP contribution is 2.36. The number of amides is 1. The van der Waals surface area contributed by atoms with Gasteiger partial charge in [0.15, 0.2) is 0 Å². The number of benzene rings is 3. The molecule has 0 saturated carbocycles. The zero-order chi connectivity index (χ0) is 21.5. The van der Waals surface area contributed by atoms with Gasteiger partial charge in [-0.1, -0.05) is 41.9 Å². The molecule has 0 saturated heterocycles. The minimum Gasteiger partial charge on any atom is -0.487 e. The Morgan fingerprint density at radius 2 is 1.70 bits per heavy atom. The number of hydrogen-bond acceptors (Lipinski definition) is 3. The van der Waals surface area contributed by atoms with E-state index >= 15 is 0 Å². The SMILES string of the molecule is N#CC(=Cc1cc(Br)c(OCc2ccc(Cl)cc2)c(Br)c1)C(=O)Nc1ccccc1. The van der Waals surface area contributed by atoms with Gasteiger partial charge in [-0.25, -0.2) is 0 Å². The molecule has 0 aromatic heterocycles. The summed E-state index contributed by atoms with van der Waals surface area (Å²) in [6.07, 6.45) is 1.52. The van der Waals surface area contributed by atoms with Gasteiger partial charge in [0.25, 0.3) is 5.91 Å². The molecule has 0 aliphatic heterocycles. The van der Waals surface area contributed by atoms with Crippen LogP contribution in [0.15, 0.2) is 81.2 Å². The number of nitriles is 1. The number of ether oxygens (including phenoxy) is 1. The van der Waals surface area contributed by atoms with Crippen molar-refractivity contribution >= 4 is 61.1 Å². The fraction of sp³-hybridized carbons (Fsp3) is 0.0435. The number of hydrogen-bond donors (Lipinski definition) is 1. The molecule has 3 aromatic rings. The van der Waals surface area contributed by atoms with Crippen LogP contribution in [0.3, 0.4) is 0 Å². The number of para-hydroxylation sites is 1. The molecule has 0 aliphatic rings. The Morgan fingerprint density at radius 3 is 2.30 bits per heavy atom. The molecule has 4 nitrogen and oxygen atoms in total. The average Bonchev–Trinajstić information content (AvgIpc) is 2.73. The Bertz CT molecular complexity index is 1100. The molecular formula is C23H15Br2ClN2O2. The molecule has 0 bridgehead atoms. The molecule has 0 aliphatic carbocycles. The summed E-state index contributed by atoms with van der Waals surface area (Å²) in [5.74, 6) is 0.147. The van der Waals surface area contributed by atoms with Crippen LogP contribution in [-0.2, 0) is 11.4 Å². The summed E-state index contributed by atoms with van der Waals surface area (Å²) in [4.78, 5) is 12.4. The lowest BCUT2D eigenvalue weighted by Gasteiger charge is -2.12. The topological polar surface area (TPSA) is 62.1 Å². The van der Waals surface area contributed by atoms with Gasteiger partial charge in [-0.15, -0.1) is 0 Å². The van der Waals surface area contributed by atoms with Crippen LogP contribution < -0.4 is 10.1 Å². The fourth-order valence-corrected chi connectivity index (χ4v) is 4.15. The first-order valence-electron chi connectivity index (χ1n) is 8.81. The van der Waals surface area contributed by atoms with Crippen molar-refractivity contribution in [3.05, 3.63) is 97.4 Å². The third-order valence-corrected chi connectivity index (χ3v) is 5.45. The highest BCUT2D eigenvalue weighted by Gasteiger charge is 2.13. The Kier molecular flexibility index (Phi) is 7.69. The van der Waals surface area contributed by atoms with Crippen molar-refractivity contribution in [2.45, 2.75) is 6.61 Å². The first-order valence-corrected chi connectivity index (χ1v) is 10.8. The second-order valence-electron chi connectivity index (χ2n) is 6.22. The van der Waals surface area contributed by atoms with E-state index in [0.717, 1.165) is 5.56 Å². The van der Waals surface area contributed by atoms with Gasteiger partial charge in [0.2, 0.25) is 0 Å². The van der Waals surface area contributed by atoms with E-state index in [0.29, 0.717) is 37.6 Å². The number of anilines is 1. The third-order valence-electron chi connectivity index (χ3n) is 4.02. The molecule has 3 rings (SSSR count). The van der Waals surface area contributed by atoms with Crippen molar-refractivity contribution in [1.82, 2.24) is 0 Å². The van der Waals surface area contributed by atoms with Crippen LogP contribution in [0.2, 0.25) is 5.02 Å². The van der Waals surface area contributed by atoms with Gasteiger partial charge in [0, 0.05) is 10.7 Å². The lowest BCUT2D eigenvalue weighted by Crippen LogP contribution is -2.13. The highest BCUT2D eigenvalue weighted by atomic mass is 79.9. The highest BCUT2D eigenvalue weighted by molar-refractivity contribution is 9.11. The number of rotatable bonds is 6. The number of carbonyl (C=O) groups is 1. The molecule has 1 amide bonds. The molecule has 0 fully saturated rings. The summed E-state index contributed by atoms with van der Waals surface area (Å²) >= 11 is 12.9. The molecule has 0 spiro atoms. The predicted molar refractivity (Wildman–Crippen MR) is 126 cm³/mol. The molecule has 30 heavy (non-hydrogen) atoms. The maximum Gasteiger partial charge on any atom is 0.266 e. The maximum atomic E-state index is 12.4. The van der Waals surface area contributed by atoms with E-state index in [1.807, 2.05) is 48.5 Å². The first-order chi connectivity index (χ1) is 14.5. The summed E-state index contributed by atoms with van der Waals surface area (Å²) in [6.45, 7) is 0.368. The molecule has 0 unspecified atom stereocenters. The van der Waals surface area contributed by atoms with E-state index in [1.165, 1.54) is 6.08 Å². The van der Waals surface area contributed by atoms with Gasteiger partial charge < -0.3 is 10.1 Å². The van der Waals surface area contributed by atoms with Crippen LogP contribution in [-0.4, -0.2) is 5.91 Å². The van der Waals surface area contributed by atoms with Crippen LogP contribution in [0.25, 0.3) is 6.08 Å². The monoisotopic (exact) mass is 544 g/mol. The van der Waals surface area contributed by atoms with E-state index in [-0.39, 0.29) is 5.57 Å². The molecule has 150 valence electrons. The van der Waals surface area contributed by atoms with Crippen LogP contribution in [0.1, 0.15) is 11.1 Å². The van der Waals surface area contributed by atoms with Gasteiger partial charge in [-0.05, 0) is 85.5 Å². The standard InChI is InChI=1S/C23H15Br2ClN2O2/c24-20-11-16(10-17(13-27)23(29)28-19-4-2-1-3-5-19)12-21(25)22(20)30-14-15-6-8-18(26)9-7-15/h1-12H,14H2,(H,28,29). The fourth-order valence-electron chi connectivity index (χ4n) is 2.57. The Labute approximate surface area is 196 Å². The van der Waals surface area contributed by atoms with E-state index in [2.05, 4.69) is 37.2 Å². The lowest BCUT2D eigenvalue weighted by atomic mass is 10.1. The summed E-state index contributed by atoms with van der Waals surface area (Å²) in [5.41, 5.74) is 2.27. The van der Waals surface area contributed by atoms with E-state index in [9.17, 15) is 10.1 Å². The lowest BCUT2D eigenvalue weighted by molar-refractivity contribution is -0.112. The normalized spacial score (nSPS) is 10.9. The number of carbonyl (C=O) groups excluding carboxylic acids is 1. The summed E-state index contributed by atoms with van der Waals surface area (Å²) in [6, 6.07) is 21.9. The number of halogens is 3. The molecular weight excluding hydrogens is 532 g/mol. The molecule has 3 aromatic carbocycles. The number of nitrogens with one attached hydrogen (secondary N) is 1. The number of nitrogens with zero attached hydrogens (tertiary/aromatic N) is 1. The van der Waals surface area contributed by atoms with Gasteiger partial charge in [-0.3, -0.25) is 4.79 Å². The summed E-state index contributed by atoms with van der Waals surface area (Å²) in [7, 11) is 0. The van der Waals surface area contributed by atoms with Gasteiger partial charge in [-0.2, -0.15) is 5.26 Å². The second kappa shape index (κ2) is 10.4. The van der Waals surface area contributed by atoms with Crippen LogP contribution in [0.4, 0.5) is 5.69 Å². The van der Waals surface area contributed by atoms with Gasteiger partial charge in [0.1, 0.15) is 24.0 Å². The minimum atomic E-state index is -0.473. The molecule has 1 N–H and O–H groups in total. The molecule has 0 atom stereocenters. The Balaban J connectivity index is 1.76. The average molecular weight is 547 g/mol. The van der Waals surface area contributed by atoms with Crippen LogP contribution in [0, 0.1) is 11.3 Å². The van der Waals surface area contributed by atoms with E-state index in [1.54, 1.807) is 24.3 Å². The van der Waals surface area contributed by atoms with Gasteiger partial charge in [0.05, 0.1) is 8.95 Å². The van der Waals surface area contributed by atoms with E-state index in [4.69, 9.17) is 16.3 Å². The zero-order valence-corrected chi connectivity index (χ0v) is 19.5. The molecule has 7 heteroatoms. The largest absolute Gasteiger partial charge is 0.487 e. The smallest absolute Gasteiger partial charge is 0.266 e. The van der Waals surface area contributed by atoms with Crippen molar-refractivity contribution in [2.75, 3.05) is 5.32 Å². The summed E-state index contributed by atoms with van der Waals surface area (Å²) in [5, 5.41) is 12.8. The van der Waals surface area contributed by atoms with Crippen LogP contribution >= 0.6 is 43.5 Å². The second-order valence-corrected chi connectivity index (χ2v) is 8.36. The maximum absolute atomic E-state index is 12.4. The molecule has 0 heterocycles. The minimum absolute atomic E-state index is 0.00696. The quantitative estimate of drug-likeness (QED) is 0.268.